The van der Waals surface area contributed by atoms with Crippen LogP contribution in [0.3, 0.4) is 0 Å². The molecule has 3 fully saturated rings. The van der Waals surface area contributed by atoms with E-state index in [1.165, 1.54) is 12.2 Å². The molecule has 0 aromatic carbocycles. The number of hydrogen-bond donors (Lipinski definition) is 3. The summed E-state index contributed by atoms with van der Waals surface area (Å²) in [6.07, 6.45) is 4.44. The number of aliphatic hydroxyl groups is 3. The lowest BCUT2D eigenvalue weighted by molar-refractivity contribution is -0.219. The molecule has 3 N–H and O–H groups in total. The molecule has 9 heteroatoms. The molecule has 8 atom stereocenters. The van der Waals surface area contributed by atoms with E-state index in [1.54, 1.807) is 26.8 Å². The zero-order valence-corrected chi connectivity index (χ0v) is 20.6. The van der Waals surface area contributed by atoms with Gasteiger partial charge in [-0.3, -0.25) is 9.59 Å². The maximum Gasteiger partial charge on any atom is 0.190 e. The standard InChI is InChI=1S/C22H29FO5.CHCl3/c1-12-8-16-15-5-4-13-9-14(25)6-7-19(13,2)21(15,23)17(26)10-20(16,3)22(12,28)18(27)11-24;2-1(3)4/h6-7,9,12,15-17,24,26,28H,4-5,8,10-11H2,1-3H3;1H/t12-,15+,16+,17+,19+,20+,21+,22+;/m1./s1. The number of carbonyl (C=O) groups is 2. The molecule has 5 nitrogen and oxygen atoms in total. The molecule has 0 spiro atoms. The molecule has 3 saturated carbocycles. The molecule has 0 unspecified atom stereocenters. The second-order valence-electron chi connectivity index (χ2n) is 10.00. The Hall–Kier alpha value is -0.500. The minimum atomic E-state index is -1.98. The maximum absolute atomic E-state index is 16.9. The zero-order valence-electron chi connectivity index (χ0n) is 18.3. The van der Waals surface area contributed by atoms with E-state index in [0.29, 0.717) is 24.8 Å². The number of allylic oxidation sites excluding steroid dienone is 4. The van der Waals surface area contributed by atoms with Gasteiger partial charge in [-0.1, -0.05) is 60.3 Å². The number of rotatable bonds is 2. The van der Waals surface area contributed by atoms with Crippen LogP contribution in [0.4, 0.5) is 4.39 Å². The van der Waals surface area contributed by atoms with Gasteiger partial charge < -0.3 is 15.3 Å². The van der Waals surface area contributed by atoms with E-state index in [4.69, 9.17) is 34.8 Å². The summed E-state index contributed by atoms with van der Waals surface area (Å²) < 4.78 is 16.1. The fraction of sp³-hybridized carbons (Fsp3) is 0.739. The van der Waals surface area contributed by atoms with Crippen molar-refractivity contribution >= 4 is 46.4 Å². The average molecular weight is 512 g/mol. The van der Waals surface area contributed by atoms with Crippen LogP contribution in [0.1, 0.15) is 46.5 Å². The first-order chi connectivity index (χ1) is 14.7. The Kier molecular flexibility index (Phi) is 7.03. The van der Waals surface area contributed by atoms with E-state index in [9.17, 15) is 24.9 Å². The number of hydrogen-bond acceptors (Lipinski definition) is 5. The van der Waals surface area contributed by atoms with Gasteiger partial charge in [-0.05, 0) is 56.6 Å². The van der Waals surface area contributed by atoms with E-state index in [2.05, 4.69) is 0 Å². The Morgan fingerprint density at radius 3 is 2.44 bits per heavy atom. The van der Waals surface area contributed by atoms with Crippen LogP contribution in [0.5, 0.6) is 0 Å². The van der Waals surface area contributed by atoms with Crippen LogP contribution >= 0.6 is 34.8 Å². The monoisotopic (exact) mass is 510 g/mol. The normalized spacial score (nSPS) is 47.1. The van der Waals surface area contributed by atoms with Gasteiger partial charge in [0.1, 0.15) is 12.2 Å². The number of fused-ring (bicyclic) bond motifs is 5. The van der Waals surface area contributed by atoms with Gasteiger partial charge in [0.2, 0.25) is 0 Å². The largest absolute Gasteiger partial charge is 0.390 e. The van der Waals surface area contributed by atoms with Gasteiger partial charge in [0.05, 0.1) is 6.10 Å². The third-order valence-electron chi connectivity index (χ3n) is 8.79. The van der Waals surface area contributed by atoms with Crippen molar-refractivity contribution in [2.24, 2.45) is 28.6 Å². The highest BCUT2D eigenvalue weighted by Gasteiger charge is 2.75. The molecule has 0 saturated heterocycles. The first-order valence-corrected chi connectivity index (χ1v) is 12.1. The van der Waals surface area contributed by atoms with Gasteiger partial charge >= 0.3 is 0 Å². The van der Waals surface area contributed by atoms with E-state index < -0.39 is 56.7 Å². The van der Waals surface area contributed by atoms with E-state index in [-0.39, 0.29) is 18.1 Å². The van der Waals surface area contributed by atoms with Crippen molar-refractivity contribution in [3.63, 3.8) is 0 Å². The Morgan fingerprint density at radius 1 is 1.28 bits per heavy atom. The second-order valence-corrected chi connectivity index (χ2v) is 12.0. The highest BCUT2D eigenvalue weighted by atomic mass is 35.6. The number of aliphatic hydroxyl groups excluding tert-OH is 2. The van der Waals surface area contributed by atoms with Crippen LogP contribution in [-0.4, -0.2) is 55.2 Å². The van der Waals surface area contributed by atoms with Crippen LogP contribution in [-0.2, 0) is 9.59 Å². The van der Waals surface area contributed by atoms with Crippen LogP contribution in [0.15, 0.2) is 23.8 Å². The quantitative estimate of drug-likeness (QED) is 0.489. The van der Waals surface area contributed by atoms with E-state index in [1.807, 2.05) is 0 Å². The lowest BCUT2D eigenvalue weighted by Gasteiger charge is -2.62. The van der Waals surface area contributed by atoms with Gasteiger partial charge in [0, 0.05) is 16.7 Å². The molecule has 4 aliphatic carbocycles. The predicted molar refractivity (Wildman–Crippen MR) is 121 cm³/mol. The number of Topliss-reactive ketones (excluding diaryl/α,β-unsaturated/α-hetero) is 1. The number of carbonyl (C=O) groups excluding carboxylic acids is 2. The highest BCUT2D eigenvalue weighted by molar-refractivity contribution is 6.63. The third-order valence-corrected chi connectivity index (χ3v) is 8.79. The highest BCUT2D eigenvalue weighted by Crippen LogP contribution is 2.70. The third kappa shape index (κ3) is 3.44. The summed E-state index contributed by atoms with van der Waals surface area (Å²) in [6, 6.07) is 0. The molecule has 0 amide bonds. The molecule has 180 valence electrons. The van der Waals surface area contributed by atoms with Crippen LogP contribution < -0.4 is 0 Å². The first-order valence-electron chi connectivity index (χ1n) is 10.8. The molecule has 0 aromatic rings. The van der Waals surface area contributed by atoms with Crippen LogP contribution in [0, 0.1) is 28.6 Å². The molecule has 0 aromatic heterocycles. The van der Waals surface area contributed by atoms with Gasteiger partial charge in [-0.25, -0.2) is 4.39 Å². The first kappa shape index (κ1) is 26.1. The molecule has 0 radical (unpaired) electrons. The molecule has 4 rings (SSSR count). The second kappa shape index (κ2) is 8.62. The molecular formula is C23H30Cl3FO5. The summed E-state index contributed by atoms with van der Waals surface area (Å²) in [5.74, 6) is -2.12. The molecule has 0 aliphatic heterocycles. The van der Waals surface area contributed by atoms with E-state index >= 15 is 4.39 Å². The Morgan fingerprint density at radius 2 is 1.88 bits per heavy atom. The zero-order chi connectivity index (χ0) is 24.3. The topological polar surface area (TPSA) is 94.8 Å². The van der Waals surface area contributed by atoms with Crippen molar-refractivity contribution in [3.8, 4) is 0 Å². The summed E-state index contributed by atoms with van der Waals surface area (Å²) in [5.41, 5.74) is -5.17. The van der Waals surface area contributed by atoms with Crippen molar-refractivity contribution < 1.29 is 29.3 Å². The van der Waals surface area contributed by atoms with Crippen molar-refractivity contribution in [3.05, 3.63) is 23.8 Å². The maximum atomic E-state index is 16.9. The van der Waals surface area contributed by atoms with Gasteiger partial charge in [-0.15, -0.1) is 0 Å². The van der Waals surface area contributed by atoms with Gasteiger partial charge in [-0.2, -0.15) is 0 Å². The Labute approximate surface area is 202 Å². The van der Waals surface area contributed by atoms with Crippen molar-refractivity contribution in [1.29, 1.82) is 0 Å². The van der Waals surface area contributed by atoms with Crippen LogP contribution in [0.25, 0.3) is 0 Å². The van der Waals surface area contributed by atoms with Crippen molar-refractivity contribution in [2.75, 3.05) is 6.61 Å². The SMILES string of the molecule is C[C@@H]1C[C@H]2[C@@H]3CCC4=CC(=O)C=C[C@]4(C)[C@@]3(F)[C@@H](O)C[C@]2(C)[C@@]1(O)C(=O)CO.ClC(Cl)Cl. The smallest absolute Gasteiger partial charge is 0.190 e. The molecule has 0 heterocycles. The minimum absolute atomic E-state index is 0.0676. The van der Waals surface area contributed by atoms with Gasteiger partial charge in [0.25, 0.3) is 0 Å². The molecule has 0 bridgehead atoms. The number of ketones is 2. The minimum Gasteiger partial charge on any atom is -0.390 e. The predicted octanol–water partition coefficient (Wildman–Crippen LogP) is 3.88. The molecule has 4 aliphatic rings. The summed E-state index contributed by atoms with van der Waals surface area (Å²) in [7, 11) is 0. The fourth-order valence-electron chi connectivity index (χ4n) is 7.26. The van der Waals surface area contributed by atoms with Crippen LogP contribution in [0.2, 0.25) is 0 Å². The fourth-order valence-corrected chi connectivity index (χ4v) is 7.26. The summed E-state index contributed by atoms with van der Waals surface area (Å²) in [5, 5.41) is 32.0. The summed E-state index contributed by atoms with van der Waals surface area (Å²) in [6.45, 7) is 4.48. The lowest BCUT2D eigenvalue weighted by atomic mass is 9.44. The Balaban J connectivity index is 0.000000668. The number of halogens is 4. The summed E-state index contributed by atoms with van der Waals surface area (Å²) in [4.78, 5) is 24.4. The van der Waals surface area contributed by atoms with Crippen molar-refractivity contribution in [1.82, 2.24) is 0 Å². The van der Waals surface area contributed by atoms with Gasteiger partial charge in [0.15, 0.2) is 21.5 Å². The number of alkyl halides is 4. The Bertz CT molecular complexity index is 860. The molecule has 32 heavy (non-hydrogen) atoms. The lowest BCUT2D eigenvalue weighted by Crippen LogP contribution is -2.69. The molecular weight excluding hydrogens is 482 g/mol. The van der Waals surface area contributed by atoms with E-state index in [0.717, 1.165) is 0 Å². The summed E-state index contributed by atoms with van der Waals surface area (Å²) >= 11 is 14.4. The average Bonchev–Trinajstić information content (AvgIpc) is 2.90. The van der Waals surface area contributed by atoms with Crippen molar-refractivity contribution in [2.45, 2.75) is 68.1 Å².